The van der Waals surface area contributed by atoms with Crippen LogP contribution in [0.5, 0.6) is 0 Å². The third kappa shape index (κ3) is 2.76. The van der Waals surface area contributed by atoms with Gasteiger partial charge in [-0.3, -0.25) is 0 Å². The average Bonchev–Trinajstić information content (AvgIpc) is 2.31. The molecule has 2 heteroatoms. The van der Waals surface area contributed by atoms with E-state index in [0.29, 0.717) is 6.04 Å². The standard InChI is InChI=1S/C14H23NO/c1-5-12(4)15(6-2)14-8-7-11(3)9-13(14)10-16/h7-9,12,16H,5-6,10H2,1-4H3. The monoisotopic (exact) mass is 221 g/mol. The summed E-state index contributed by atoms with van der Waals surface area (Å²) in [5, 5.41) is 9.42. The van der Waals surface area contributed by atoms with Crippen molar-refractivity contribution in [2.45, 2.75) is 46.8 Å². The topological polar surface area (TPSA) is 23.5 Å². The molecule has 0 heterocycles. The first-order valence-electron chi connectivity index (χ1n) is 6.11. The smallest absolute Gasteiger partial charge is 0.0702 e. The summed E-state index contributed by atoms with van der Waals surface area (Å²) < 4.78 is 0. The van der Waals surface area contributed by atoms with Crippen LogP contribution in [0.2, 0.25) is 0 Å². The van der Waals surface area contributed by atoms with E-state index in [-0.39, 0.29) is 6.61 Å². The molecule has 0 aliphatic rings. The average molecular weight is 221 g/mol. The molecule has 0 aliphatic carbocycles. The number of aliphatic hydroxyl groups is 1. The van der Waals surface area contributed by atoms with Gasteiger partial charge in [0.2, 0.25) is 0 Å². The van der Waals surface area contributed by atoms with Crippen molar-refractivity contribution in [2.24, 2.45) is 0 Å². The fourth-order valence-electron chi connectivity index (χ4n) is 2.06. The number of hydrogen-bond acceptors (Lipinski definition) is 2. The van der Waals surface area contributed by atoms with Gasteiger partial charge < -0.3 is 10.0 Å². The van der Waals surface area contributed by atoms with Crippen LogP contribution in [0.15, 0.2) is 18.2 Å². The van der Waals surface area contributed by atoms with Crippen molar-refractivity contribution in [3.05, 3.63) is 29.3 Å². The molecule has 0 aliphatic heterocycles. The molecule has 2 nitrogen and oxygen atoms in total. The molecule has 0 spiro atoms. The van der Waals surface area contributed by atoms with Crippen molar-refractivity contribution in [1.29, 1.82) is 0 Å². The molecule has 0 saturated heterocycles. The molecule has 1 aromatic rings. The predicted octanol–water partition coefficient (Wildman–Crippen LogP) is 3.11. The number of nitrogens with zero attached hydrogens (tertiary/aromatic N) is 1. The summed E-state index contributed by atoms with van der Waals surface area (Å²) in [6, 6.07) is 6.81. The SMILES string of the molecule is CCC(C)N(CC)c1ccc(C)cc1CO. The van der Waals surface area contributed by atoms with Crippen LogP contribution >= 0.6 is 0 Å². The van der Waals surface area contributed by atoms with Crippen molar-refractivity contribution in [1.82, 2.24) is 0 Å². The lowest BCUT2D eigenvalue weighted by Gasteiger charge is -2.31. The van der Waals surface area contributed by atoms with E-state index in [0.717, 1.165) is 18.5 Å². The second-order valence-corrected chi connectivity index (χ2v) is 4.33. The summed E-state index contributed by atoms with van der Waals surface area (Å²) >= 11 is 0. The van der Waals surface area contributed by atoms with Crippen LogP contribution in [-0.4, -0.2) is 17.7 Å². The zero-order chi connectivity index (χ0) is 12.1. The van der Waals surface area contributed by atoms with E-state index in [1.807, 2.05) is 0 Å². The highest BCUT2D eigenvalue weighted by Crippen LogP contribution is 2.24. The van der Waals surface area contributed by atoms with E-state index in [9.17, 15) is 5.11 Å². The largest absolute Gasteiger partial charge is 0.392 e. The quantitative estimate of drug-likeness (QED) is 0.826. The number of aliphatic hydroxyl groups excluding tert-OH is 1. The van der Waals surface area contributed by atoms with Crippen LogP contribution in [0, 0.1) is 6.92 Å². The zero-order valence-electron chi connectivity index (χ0n) is 10.8. The summed E-state index contributed by atoms with van der Waals surface area (Å²) in [6.45, 7) is 9.73. The van der Waals surface area contributed by atoms with Gasteiger partial charge in [-0.15, -0.1) is 0 Å². The van der Waals surface area contributed by atoms with Crippen molar-refractivity contribution in [2.75, 3.05) is 11.4 Å². The van der Waals surface area contributed by atoms with Gasteiger partial charge in [0.15, 0.2) is 0 Å². The van der Waals surface area contributed by atoms with Gasteiger partial charge >= 0.3 is 0 Å². The first-order valence-corrected chi connectivity index (χ1v) is 6.11. The second kappa shape index (κ2) is 5.90. The minimum Gasteiger partial charge on any atom is -0.392 e. The summed E-state index contributed by atoms with van der Waals surface area (Å²) in [6.07, 6.45) is 1.12. The lowest BCUT2D eigenvalue weighted by Crippen LogP contribution is -2.33. The van der Waals surface area contributed by atoms with Gasteiger partial charge in [0.25, 0.3) is 0 Å². The molecule has 1 aromatic carbocycles. The molecule has 0 bridgehead atoms. The highest BCUT2D eigenvalue weighted by atomic mass is 16.3. The van der Waals surface area contributed by atoms with Gasteiger partial charge in [0, 0.05) is 23.8 Å². The molecule has 0 aromatic heterocycles. The first-order chi connectivity index (χ1) is 7.63. The van der Waals surface area contributed by atoms with Gasteiger partial charge in [-0.2, -0.15) is 0 Å². The Balaban J connectivity index is 3.08. The molecular formula is C14H23NO. The summed E-state index contributed by atoms with van der Waals surface area (Å²) in [5.41, 5.74) is 3.40. The maximum atomic E-state index is 9.42. The molecule has 0 amide bonds. The van der Waals surface area contributed by atoms with Gasteiger partial charge in [-0.1, -0.05) is 24.6 Å². The molecule has 0 saturated carbocycles. The number of anilines is 1. The Morgan fingerprint density at radius 3 is 2.50 bits per heavy atom. The Morgan fingerprint density at radius 1 is 1.31 bits per heavy atom. The highest BCUT2D eigenvalue weighted by Gasteiger charge is 2.14. The number of rotatable bonds is 5. The Kier molecular flexibility index (Phi) is 4.81. The first kappa shape index (κ1) is 13.0. The number of hydrogen-bond donors (Lipinski definition) is 1. The third-order valence-electron chi connectivity index (χ3n) is 3.18. The lowest BCUT2D eigenvalue weighted by molar-refractivity contribution is 0.281. The second-order valence-electron chi connectivity index (χ2n) is 4.33. The third-order valence-corrected chi connectivity index (χ3v) is 3.18. The van der Waals surface area contributed by atoms with Crippen LogP contribution in [0.25, 0.3) is 0 Å². The zero-order valence-corrected chi connectivity index (χ0v) is 10.8. The predicted molar refractivity (Wildman–Crippen MR) is 69.9 cm³/mol. The minimum atomic E-state index is 0.115. The lowest BCUT2D eigenvalue weighted by atomic mass is 10.1. The molecule has 90 valence electrons. The molecule has 16 heavy (non-hydrogen) atoms. The van der Waals surface area contributed by atoms with E-state index in [1.54, 1.807) is 0 Å². The fourth-order valence-corrected chi connectivity index (χ4v) is 2.06. The van der Waals surface area contributed by atoms with E-state index in [1.165, 1.54) is 11.3 Å². The molecular weight excluding hydrogens is 198 g/mol. The summed E-state index contributed by atoms with van der Waals surface area (Å²) in [5.74, 6) is 0. The van der Waals surface area contributed by atoms with Crippen molar-refractivity contribution >= 4 is 5.69 Å². The molecule has 1 rings (SSSR count). The Hall–Kier alpha value is -1.02. The van der Waals surface area contributed by atoms with Crippen LogP contribution < -0.4 is 4.90 Å². The normalized spacial score (nSPS) is 12.6. The molecule has 1 unspecified atom stereocenters. The van der Waals surface area contributed by atoms with E-state index in [4.69, 9.17) is 0 Å². The maximum absolute atomic E-state index is 9.42. The van der Waals surface area contributed by atoms with Crippen LogP contribution in [-0.2, 0) is 6.61 Å². The molecule has 1 N–H and O–H groups in total. The minimum absolute atomic E-state index is 0.115. The van der Waals surface area contributed by atoms with E-state index in [2.05, 4.69) is 50.8 Å². The van der Waals surface area contributed by atoms with Crippen molar-refractivity contribution < 1.29 is 5.11 Å². The van der Waals surface area contributed by atoms with E-state index < -0.39 is 0 Å². The van der Waals surface area contributed by atoms with Crippen LogP contribution in [0.3, 0.4) is 0 Å². The van der Waals surface area contributed by atoms with Gasteiger partial charge in [-0.25, -0.2) is 0 Å². The fraction of sp³-hybridized carbons (Fsp3) is 0.571. The Labute approximate surface area is 98.9 Å². The number of aryl methyl sites for hydroxylation is 1. The Morgan fingerprint density at radius 2 is 2.00 bits per heavy atom. The summed E-state index contributed by atoms with van der Waals surface area (Å²) in [7, 11) is 0. The number of benzene rings is 1. The van der Waals surface area contributed by atoms with Crippen molar-refractivity contribution in [3.8, 4) is 0 Å². The Bertz CT molecular complexity index is 336. The molecule has 0 fully saturated rings. The van der Waals surface area contributed by atoms with Gasteiger partial charge in [0.05, 0.1) is 6.61 Å². The van der Waals surface area contributed by atoms with E-state index >= 15 is 0 Å². The summed E-state index contributed by atoms with van der Waals surface area (Å²) in [4.78, 5) is 2.35. The van der Waals surface area contributed by atoms with Gasteiger partial charge in [-0.05, 0) is 33.3 Å². The molecule has 1 atom stereocenters. The molecule has 0 radical (unpaired) electrons. The van der Waals surface area contributed by atoms with Gasteiger partial charge in [0.1, 0.15) is 0 Å². The van der Waals surface area contributed by atoms with Crippen molar-refractivity contribution in [3.63, 3.8) is 0 Å². The van der Waals surface area contributed by atoms with Crippen LogP contribution in [0.1, 0.15) is 38.3 Å². The maximum Gasteiger partial charge on any atom is 0.0702 e. The highest BCUT2D eigenvalue weighted by molar-refractivity contribution is 5.55. The van der Waals surface area contributed by atoms with Crippen LogP contribution in [0.4, 0.5) is 5.69 Å².